The molecule has 0 radical (unpaired) electrons. The summed E-state index contributed by atoms with van der Waals surface area (Å²) in [6.07, 6.45) is 0.0676. The molecule has 1 aliphatic rings. The fourth-order valence-electron chi connectivity index (χ4n) is 4.04. The Kier molecular flexibility index (Phi) is 6.29. The van der Waals surface area contributed by atoms with Crippen molar-refractivity contribution in [2.75, 3.05) is 10.2 Å². The highest BCUT2D eigenvalue weighted by atomic mass is 16.5. The first-order valence-corrected chi connectivity index (χ1v) is 11.5. The zero-order valence-electron chi connectivity index (χ0n) is 20.5. The molecule has 1 aliphatic heterocycles. The fraction of sp³-hybridized carbons (Fsp3) is 0.241. The predicted octanol–water partition coefficient (Wildman–Crippen LogP) is 6.10. The number of hydrogen-bond acceptors (Lipinski definition) is 4. The fourth-order valence-corrected chi connectivity index (χ4v) is 4.04. The molecule has 174 valence electrons. The van der Waals surface area contributed by atoms with Crippen molar-refractivity contribution in [1.82, 2.24) is 0 Å². The lowest BCUT2D eigenvalue weighted by atomic mass is 9.99. The lowest BCUT2D eigenvalue weighted by Crippen LogP contribution is -2.33. The summed E-state index contributed by atoms with van der Waals surface area (Å²) in [5.41, 5.74) is 6.78. The Morgan fingerprint density at radius 3 is 2.15 bits per heavy atom. The number of aryl methyl sites for hydroxylation is 3. The maximum Gasteiger partial charge on any atom is 0.282 e. The third-order valence-corrected chi connectivity index (χ3v) is 6.19. The first kappa shape index (κ1) is 23.3. The quantitative estimate of drug-likeness (QED) is 0.457. The van der Waals surface area contributed by atoms with E-state index < -0.39 is 0 Å². The molecule has 3 aromatic carbocycles. The van der Waals surface area contributed by atoms with Gasteiger partial charge in [0, 0.05) is 5.69 Å². The van der Waals surface area contributed by atoms with E-state index in [1.54, 1.807) is 0 Å². The summed E-state index contributed by atoms with van der Waals surface area (Å²) in [6, 6.07) is 18.9. The van der Waals surface area contributed by atoms with Gasteiger partial charge in [-0.15, -0.1) is 0 Å². The highest BCUT2D eigenvalue weighted by Gasteiger charge is 2.41. The van der Waals surface area contributed by atoms with E-state index in [1.165, 1.54) is 4.90 Å². The van der Waals surface area contributed by atoms with Crippen LogP contribution in [0, 0.1) is 27.7 Å². The van der Waals surface area contributed by atoms with Gasteiger partial charge < -0.3 is 10.1 Å². The molecule has 0 saturated carbocycles. The van der Waals surface area contributed by atoms with Gasteiger partial charge in [0.1, 0.15) is 11.4 Å². The molecule has 4 rings (SSSR count). The van der Waals surface area contributed by atoms with Crippen LogP contribution in [0.1, 0.15) is 41.7 Å². The van der Waals surface area contributed by atoms with Crippen LogP contribution in [0.5, 0.6) is 5.75 Å². The van der Waals surface area contributed by atoms with Crippen LogP contribution >= 0.6 is 0 Å². The van der Waals surface area contributed by atoms with E-state index in [0.717, 1.165) is 33.6 Å². The molecule has 0 aromatic heterocycles. The molecule has 34 heavy (non-hydrogen) atoms. The molecule has 5 nitrogen and oxygen atoms in total. The smallest absolute Gasteiger partial charge is 0.282 e. The van der Waals surface area contributed by atoms with E-state index >= 15 is 0 Å². The molecule has 0 atom stereocenters. The first-order chi connectivity index (χ1) is 16.2. The van der Waals surface area contributed by atoms with Crippen molar-refractivity contribution in [2.24, 2.45) is 0 Å². The highest BCUT2D eigenvalue weighted by Crippen LogP contribution is 2.36. The van der Waals surface area contributed by atoms with Gasteiger partial charge in [-0.3, -0.25) is 9.59 Å². The number of carbonyl (C=O) groups is 2. The van der Waals surface area contributed by atoms with Gasteiger partial charge >= 0.3 is 0 Å². The largest absolute Gasteiger partial charge is 0.491 e. The minimum atomic E-state index is -0.366. The van der Waals surface area contributed by atoms with Crippen LogP contribution in [-0.2, 0) is 9.59 Å². The molecule has 0 spiro atoms. The number of ether oxygens (including phenoxy) is 1. The Hall–Kier alpha value is -3.86. The van der Waals surface area contributed by atoms with Gasteiger partial charge in [0.2, 0.25) is 0 Å². The zero-order valence-corrected chi connectivity index (χ0v) is 20.5. The summed E-state index contributed by atoms with van der Waals surface area (Å²) >= 11 is 0. The van der Waals surface area contributed by atoms with Crippen LogP contribution in [0.25, 0.3) is 5.57 Å². The van der Waals surface area contributed by atoms with Gasteiger partial charge in [0.05, 0.1) is 17.4 Å². The topological polar surface area (TPSA) is 58.6 Å². The van der Waals surface area contributed by atoms with Crippen LogP contribution in [0.2, 0.25) is 0 Å². The molecule has 3 aromatic rings. The molecule has 0 aliphatic carbocycles. The van der Waals surface area contributed by atoms with Crippen LogP contribution in [-0.4, -0.2) is 17.9 Å². The van der Waals surface area contributed by atoms with Gasteiger partial charge in [-0.05, 0) is 99.7 Å². The highest BCUT2D eigenvalue weighted by molar-refractivity contribution is 6.46. The molecule has 0 saturated heterocycles. The Bertz CT molecular complexity index is 1300. The van der Waals surface area contributed by atoms with Crippen LogP contribution in [0.4, 0.5) is 11.4 Å². The number of anilines is 2. The average Bonchev–Trinajstić information content (AvgIpc) is 3.02. The Morgan fingerprint density at radius 2 is 1.50 bits per heavy atom. The lowest BCUT2D eigenvalue weighted by molar-refractivity contribution is -0.120. The standard InChI is InChI=1S/C29H30N2O3/c1-17(2)34-24-14-12-23(13-15-24)30-27-26(22-11-10-18(3)20(5)16-22)28(32)31(29(27)33)25-9-7-8-19(4)21(25)6/h7-17,30H,1-6H3. The number of amides is 2. The molecule has 0 unspecified atom stereocenters. The van der Waals surface area contributed by atoms with E-state index in [-0.39, 0.29) is 23.6 Å². The number of imide groups is 1. The normalized spacial score (nSPS) is 13.8. The van der Waals surface area contributed by atoms with Gasteiger partial charge in [0.25, 0.3) is 11.8 Å². The number of nitrogens with one attached hydrogen (secondary N) is 1. The summed E-state index contributed by atoms with van der Waals surface area (Å²) in [5, 5.41) is 3.23. The molecule has 0 fully saturated rings. The third kappa shape index (κ3) is 4.34. The SMILES string of the molecule is Cc1ccc(C2=C(Nc3ccc(OC(C)C)cc3)C(=O)N(c3cccc(C)c3C)C2=O)cc1C. The number of rotatable bonds is 6. The van der Waals surface area contributed by atoms with Crippen LogP contribution in [0.15, 0.2) is 66.4 Å². The van der Waals surface area contributed by atoms with Crippen molar-refractivity contribution in [2.45, 2.75) is 47.6 Å². The number of nitrogens with zero attached hydrogens (tertiary/aromatic N) is 1. The van der Waals surface area contributed by atoms with E-state index in [0.29, 0.717) is 16.9 Å². The molecule has 0 bridgehead atoms. The summed E-state index contributed by atoms with van der Waals surface area (Å²) in [7, 11) is 0. The van der Waals surface area contributed by atoms with Gasteiger partial charge in [-0.2, -0.15) is 0 Å². The number of carbonyl (C=O) groups excluding carboxylic acids is 2. The summed E-state index contributed by atoms with van der Waals surface area (Å²) in [6.45, 7) is 11.9. The van der Waals surface area contributed by atoms with Gasteiger partial charge in [-0.1, -0.05) is 30.3 Å². The van der Waals surface area contributed by atoms with Crippen molar-refractivity contribution >= 4 is 28.8 Å². The molecular weight excluding hydrogens is 424 g/mol. The molecular formula is C29H30N2O3. The minimum Gasteiger partial charge on any atom is -0.491 e. The number of hydrogen-bond donors (Lipinski definition) is 1. The van der Waals surface area contributed by atoms with Crippen LogP contribution < -0.4 is 15.0 Å². The van der Waals surface area contributed by atoms with Crippen LogP contribution in [0.3, 0.4) is 0 Å². The van der Waals surface area contributed by atoms with Crippen molar-refractivity contribution in [3.05, 3.63) is 94.2 Å². The maximum atomic E-state index is 13.7. The number of benzene rings is 3. The average molecular weight is 455 g/mol. The van der Waals surface area contributed by atoms with Crippen molar-refractivity contribution in [3.63, 3.8) is 0 Å². The Balaban J connectivity index is 1.80. The van der Waals surface area contributed by atoms with Gasteiger partial charge in [0.15, 0.2) is 0 Å². The zero-order chi connectivity index (χ0) is 24.6. The second-order valence-corrected chi connectivity index (χ2v) is 9.03. The van der Waals surface area contributed by atoms with Crippen molar-refractivity contribution < 1.29 is 14.3 Å². The van der Waals surface area contributed by atoms with Gasteiger partial charge in [-0.25, -0.2) is 4.90 Å². The van der Waals surface area contributed by atoms with E-state index in [2.05, 4.69) is 5.32 Å². The first-order valence-electron chi connectivity index (χ1n) is 11.5. The lowest BCUT2D eigenvalue weighted by Gasteiger charge is -2.19. The van der Waals surface area contributed by atoms with E-state index in [1.807, 2.05) is 102 Å². The second kappa shape index (κ2) is 9.18. The predicted molar refractivity (Wildman–Crippen MR) is 137 cm³/mol. The Morgan fingerprint density at radius 1 is 0.794 bits per heavy atom. The second-order valence-electron chi connectivity index (χ2n) is 9.03. The summed E-state index contributed by atoms with van der Waals surface area (Å²) < 4.78 is 5.72. The minimum absolute atomic E-state index is 0.0676. The maximum absolute atomic E-state index is 13.7. The monoisotopic (exact) mass is 454 g/mol. The molecule has 2 amide bonds. The van der Waals surface area contributed by atoms with E-state index in [4.69, 9.17) is 4.74 Å². The molecule has 1 N–H and O–H groups in total. The van der Waals surface area contributed by atoms with Crippen molar-refractivity contribution in [1.29, 1.82) is 0 Å². The summed E-state index contributed by atoms with van der Waals surface area (Å²) in [4.78, 5) is 28.7. The Labute approximate surface area is 201 Å². The third-order valence-electron chi connectivity index (χ3n) is 6.19. The van der Waals surface area contributed by atoms with Crippen molar-refractivity contribution in [3.8, 4) is 5.75 Å². The molecule has 1 heterocycles. The molecule has 5 heteroatoms. The van der Waals surface area contributed by atoms with E-state index in [9.17, 15) is 9.59 Å². The summed E-state index contributed by atoms with van der Waals surface area (Å²) in [5.74, 6) is 0.0494.